The van der Waals surface area contributed by atoms with Crippen molar-refractivity contribution in [2.45, 2.75) is 31.2 Å². The van der Waals surface area contributed by atoms with Crippen LogP contribution in [-0.2, 0) is 14.5 Å². The van der Waals surface area contributed by atoms with Crippen LogP contribution in [-0.4, -0.2) is 5.16 Å². The molecular weight excluding hydrogens is 179 g/mol. The van der Waals surface area contributed by atoms with Gasteiger partial charge in [0.15, 0.2) is 0 Å². The van der Waals surface area contributed by atoms with Crippen LogP contribution in [0.1, 0.15) is 20.8 Å². The SMILES string of the molecule is C=C[CH2][Cu][PH]C(C)(C)C. The Bertz CT molecular complexity index is 83.4. The fraction of sp³-hybridized carbons (Fsp3) is 0.714. The number of hydrogen-bond acceptors (Lipinski definition) is 0. The van der Waals surface area contributed by atoms with E-state index in [0.717, 1.165) is 12.6 Å². The van der Waals surface area contributed by atoms with Crippen molar-refractivity contribution in [3.05, 3.63) is 12.7 Å². The Hall–Kier alpha value is 0.689. The normalized spacial score (nSPS) is 13.2. The minimum absolute atomic E-state index is 0.489. The zero-order valence-electron chi connectivity index (χ0n) is 6.29. The van der Waals surface area contributed by atoms with Crippen molar-refractivity contribution in [2.75, 3.05) is 0 Å². The molecule has 0 fully saturated rings. The standard InChI is InChI=1S/C4H10P.C3H5.Cu/c1-4(2,3)5;1-3-2;/h5H,1-3H3;3H,1-2H2;/q-1;;+1. The summed E-state index contributed by atoms with van der Waals surface area (Å²) >= 11 is 2.05. The van der Waals surface area contributed by atoms with Gasteiger partial charge in [0.2, 0.25) is 0 Å². The van der Waals surface area contributed by atoms with Gasteiger partial charge in [0.1, 0.15) is 0 Å². The van der Waals surface area contributed by atoms with E-state index in [1.807, 2.05) is 6.08 Å². The average molecular weight is 194 g/mol. The van der Waals surface area contributed by atoms with Crippen LogP contribution in [0.15, 0.2) is 12.7 Å². The molecule has 2 heteroatoms. The Balaban J connectivity index is 3.17. The van der Waals surface area contributed by atoms with Gasteiger partial charge in [-0.1, -0.05) is 0 Å². The van der Waals surface area contributed by atoms with E-state index in [-0.39, 0.29) is 0 Å². The third-order valence-electron chi connectivity index (χ3n) is 0.428. The van der Waals surface area contributed by atoms with Crippen molar-refractivity contribution in [3.8, 4) is 0 Å². The summed E-state index contributed by atoms with van der Waals surface area (Å²) in [6, 6.07) is 0. The van der Waals surface area contributed by atoms with Gasteiger partial charge >= 0.3 is 65.7 Å². The molecule has 0 aromatic heterocycles. The molecular formula is C7H15CuP. The molecule has 0 saturated heterocycles. The summed E-state index contributed by atoms with van der Waals surface area (Å²) in [6.45, 7) is 10.4. The molecule has 0 N–H and O–H groups in total. The van der Waals surface area contributed by atoms with Crippen molar-refractivity contribution >= 4 is 7.27 Å². The van der Waals surface area contributed by atoms with Gasteiger partial charge in [0.05, 0.1) is 0 Å². The zero-order chi connectivity index (χ0) is 7.33. The van der Waals surface area contributed by atoms with Crippen molar-refractivity contribution in [1.82, 2.24) is 0 Å². The second-order valence-electron chi connectivity index (χ2n) is 2.84. The van der Waals surface area contributed by atoms with E-state index in [0.29, 0.717) is 5.16 Å². The topological polar surface area (TPSA) is 0 Å². The predicted octanol–water partition coefficient (Wildman–Crippen LogP) is 3.07. The molecule has 0 aliphatic heterocycles. The van der Waals surface area contributed by atoms with Gasteiger partial charge in [0, 0.05) is 0 Å². The van der Waals surface area contributed by atoms with Gasteiger partial charge in [-0.15, -0.1) is 0 Å². The van der Waals surface area contributed by atoms with Crippen molar-refractivity contribution in [2.24, 2.45) is 0 Å². The van der Waals surface area contributed by atoms with Crippen LogP contribution >= 0.6 is 7.27 Å². The zero-order valence-corrected chi connectivity index (χ0v) is 8.23. The molecule has 1 atom stereocenters. The molecule has 0 heterocycles. The summed E-state index contributed by atoms with van der Waals surface area (Å²) in [5.41, 5.74) is 0. The van der Waals surface area contributed by atoms with E-state index in [2.05, 4.69) is 41.9 Å². The second-order valence-corrected chi connectivity index (χ2v) is 6.80. The summed E-state index contributed by atoms with van der Waals surface area (Å²) < 4.78 is 0. The molecule has 0 spiro atoms. The number of hydrogen-bond donors (Lipinski definition) is 0. The Morgan fingerprint density at radius 1 is 1.56 bits per heavy atom. The molecule has 59 valence electrons. The molecule has 9 heavy (non-hydrogen) atoms. The van der Waals surface area contributed by atoms with Crippen LogP contribution in [0.2, 0.25) is 5.32 Å². The molecule has 0 aromatic rings. The third kappa shape index (κ3) is 8.69. The van der Waals surface area contributed by atoms with E-state index in [9.17, 15) is 0 Å². The number of rotatable bonds is 3. The molecule has 0 bridgehead atoms. The molecule has 0 aliphatic rings. The van der Waals surface area contributed by atoms with Gasteiger partial charge in [-0.05, 0) is 0 Å². The summed E-state index contributed by atoms with van der Waals surface area (Å²) in [5, 5.41) is 1.57. The minimum atomic E-state index is 0.489. The summed E-state index contributed by atoms with van der Waals surface area (Å²) in [4.78, 5) is 0. The van der Waals surface area contributed by atoms with Crippen LogP contribution in [0.25, 0.3) is 0 Å². The van der Waals surface area contributed by atoms with Gasteiger partial charge in [-0.2, -0.15) is 0 Å². The van der Waals surface area contributed by atoms with Gasteiger partial charge in [0.25, 0.3) is 0 Å². The van der Waals surface area contributed by atoms with Crippen LogP contribution in [0.4, 0.5) is 0 Å². The molecule has 1 unspecified atom stereocenters. The average Bonchev–Trinajstić information content (AvgIpc) is 1.63. The molecule has 0 rings (SSSR count). The van der Waals surface area contributed by atoms with Crippen LogP contribution in [0.5, 0.6) is 0 Å². The van der Waals surface area contributed by atoms with Gasteiger partial charge < -0.3 is 0 Å². The van der Waals surface area contributed by atoms with E-state index >= 15 is 0 Å². The fourth-order valence-electron chi connectivity index (χ4n) is 0.234. The molecule has 0 nitrogen and oxygen atoms in total. The molecule has 0 saturated carbocycles. The quantitative estimate of drug-likeness (QED) is 0.280. The van der Waals surface area contributed by atoms with Crippen LogP contribution in [0.3, 0.4) is 0 Å². The fourth-order valence-corrected chi connectivity index (χ4v) is 2.90. The second kappa shape index (κ2) is 4.50. The van der Waals surface area contributed by atoms with Crippen LogP contribution in [0, 0.1) is 0 Å². The van der Waals surface area contributed by atoms with E-state index in [1.54, 1.807) is 0 Å². The number of allylic oxidation sites excluding steroid dienone is 1. The third-order valence-corrected chi connectivity index (χ3v) is 4.58. The van der Waals surface area contributed by atoms with Crippen molar-refractivity contribution in [3.63, 3.8) is 0 Å². The summed E-state index contributed by atoms with van der Waals surface area (Å²) in [7, 11) is 0.983. The first-order chi connectivity index (χ1) is 4.06. The molecule has 0 aliphatic carbocycles. The van der Waals surface area contributed by atoms with Crippen molar-refractivity contribution < 1.29 is 14.5 Å². The molecule has 0 radical (unpaired) electrons. The van der Waals surface area contributed by atoms with Gasteiger partial charge in [-0.25, -0.2) is 0 Å². The van der Waals surface area contributed by atoms with Crippen molar-refractivity contribution in [1.29, 1.82) is 0 Å². The summed E-state index contributed by atoms with van der Waals surface area (Å²) in [6.07, 6.45) is 1.96. The Morgan fingerprint density at radius 2 is 2.11 bits per heavy atom. The Kier molecular flexibility index (Phi) is 4.84. The summed E-state index contributed by atoms with van der Waals surface area (Å²) in [5.74, 6) is 0. The van der Waals surface area contributed by atoms with Gasteiger partial charge in [-0.3, -0.25) is 0 Å². The van der Waals surface area contributed by atoms with E-state index in [4.69, 9.17) is 0 Å². The molecule has 0 amide bonds. The Morgan fingerprint density at radius 3 is 2.44 bits per heavy atom. The van der Waals surface area contributed by atoms with E-state index in [1.165, 1.54) is 0 Å². The molecule has 0 aromatic carbocycles. The first kappa shape index (κ1) is 9.69. The van der Waals surface area contributed by atoms with E-state index < -0.39 is 0 Å². The van der Waals surface area contributed by atoms with Crippen LogP contribution < -0.4 is 0 Å². The first-order valence-corrected chi connectivity index (χ1v) is 5.81. The maximum atomic E-state index is 3.66. The first-order valence-electron chi connectivity index (χ1n) is 2.93. The monoisotopic (exact) mass is 193 g/mol. The maximum absolute atomic E-state index is 3.66. The Labute approximate surface area is 66.0 Å². The predicted molar refractivity (Wildman–Crippen MR) is 43.1 cm³/mol.